The van der Waals surface area contributed by atoms with Crippen LogP contribution in [0.4, 0.5) is 11.4 Å². The minimum absolute atomic E-state index is 0.112. The number of rotatable bonds is 13. The quantitative estimate of drug-likeness (QED) is 0.0492. The highest BCUT2D eigenvalue weighted by Crippen LogP contribution is 2.29. The van der Waals surface area contributed by atoms with E-state index in [-0.39, 0.29) is 46.6 Å². The number of para-hydroxylation sites is 8. The van der Waals surface area contributed by atoms with E-state index in [2.05, 4.69) is 30.0 Å². The minimum atomic E-state index is 0.112. The van der Waals surface area contributed by atoms with Gasteiger partial charge in [0, 0.05) is 70.7 Å². The van der Waals surface area contributed by atoms with Crippen LogP contribution in [0.3, 0.4) is 0 Å². The first-order chi connectivity index (χ1) is 33.2. The maximum Gasteiger partial charge on any atom is 0.124 e. The predicted molar refractivity (Wildman–Crippen MR) is 276 cm³/mol. The van der Waals surface area contributed by atoms with Crippen LogP contribution >= 0.6 is 0 Å². The van der Waals surface area contributed by atoms with E-state index >= 15 is 0 Å². The van der Waals surface area contributed by atoms with E-state index in [1.165, 1.54) is 0 Å². The maximum absolute atomic E-state index is 9.84. The van der Waals surface area contributed by atoms with E-state index in [0.717, 1.165) is 36.8 Å². The van der Waals surface area contributed by atoms with Crippen molar-refractivity contribution in [3.63, 3.8) is 0 Å². The predicted octanol–water partition coefficient (Wildman–Crippen LogP) is 11.2. The Hall–Kier alpha value is -8.64. The zero-order valence-corrected chi connectivity index (χ0v) is 37.4. The van der Waals surface area contributed by atoms with Crippen LogP contribution in [0, 0.1) is 0 Å². The standard InChI is InChI=1S/C20H22N2O2.C20H16N2O2.C16H16N2O2/c2*23-19-11-5-1-7-15(19)13-21-17-9-3-4-10-18(17)22-14-16-8-2-6-12-20(16)24;19-15-7-3-1-5-13(15)11-17-9-10-18-12-14-6-2-4-8-16(14)20/h1-2,5-8,11-14,17-18,23-24H,3-4,9-10H2;1-14,23-24H;1-8,11-12,19-20H,9-10H2. The number of phenols is 6. The molecule has 0 aliphatic heterocycles. The van der Waals surface area contributed by atoms with Crippen LogP contribution in [0.25, 0.3) is 0 Å². The molecule has 2 unspecified atom stereocenters. The van der Waals surface area contributed by atoms with E-state index < -0.39 is 0 Å². The summed E-state index contributed by atoms with van der Waals surface area (Å²) in [6, 6.07) is 50.1. The average molecular weight is 907 g/mol. The molecule has 12 heteroatoms. The number of hydrogen-bond donors (Lipinski definition) is 6. The normalized spacial score (nSPS) is 14.9. The molecule has 0 aromatic heterocycles. The molecule has 1 aliphatic rings. The molecule has 0 saturated heterocycles. The molecule has 1 fully saturated rings. The largest absolute Gasteiger partial charge is 0.507 e. The molecule has 0 heterocycles. The summed E-state index contributed by atoms with van der Waals surface area (Å²) in [4.78, 5) is 26.5. The molecule has 0 radical (unpaired) electrons. The molecule has 7 aromatic rings. The summed E-state index contributed by atoms with van der Waals surface area (Å²) in [5.74, 6) is 1.27. The van der Waals surface area contributed by atoms with Crippen LogP contribution in [0.15, 0.2) is 200 Å². The van der Waals surface area contributed by atoms with Crippen LogP contribution < -0.4 is 0 Å². The van der Waals surface area contributed by atoms with Crippen molar-refractivity contribution in [2.75, 3.05) is 13.1 Å². The number of benzene rings is 7. The first-order valence-corrected chi connectivity index (χ1v) is 22.2. The monoisotopic (exact) mass is 906 g/mol. The first-order valence-electron chi connectivity index (χ1n) is 22.2. The van der Waals surface area contributed by atoms with Gasteiger partial charge >= 0.3 is 0 Å². The second kappa shape index (κ2) is 26.4. The highest BCUT2D eigenvalue weighted by atomic mass is 16.3. The van der Waals surface area contributed by atoms with E-state index in [0.29, 0.717) is 46.7 Å². The van der Waals surface area contributed by atoms with E-state index in [4.69, 9.17) is 0 Å². The van der Waals surface area contributed by atoms with Gasteiger partial charge in [0.2, 0.25) is 0 Å². The molecule has 1 saturated carbocycles. The van der Waals surface area contributed by atoms with Gasteiger partial charge in [0.25, 0.3) is 0 Å². The van der Waals surface area contributed by atoms with Gasteiger partial charge in [-0.1, -0.05) is 97.8 Å². The van der Waals surface area contributed by atoms with Crippen LogP contribution in [-0.2, 0) is 0 Å². The molecule has 6 N–H and O–H groups in total. The first kappa shape index (κ1) is 48.8. The third kappa shape index (κ3) is 15.5. The molecule has 12 nitrogen and oxygen atoms in total. The van der Waals surface area contributed by atoms with Gasteiger partial charge < -0.3 is 30.6 Å². The third-order valence-electron chi connectivity index (χ3n) is 10.5. The SMILES string of the molecule is Oc1ccccc1C=NC1CCCCC1N=Cc1ccccc1O.Oc1ccccc1C=NCCN=Cc1ccccc1O.Oc1ccccc1C=Nc1ccccc1N=Cc1ccccc1O. The summed E-state index contributed by atoms with van der Waals surface area (Å²) in [6.45, 7) is 1.05. The molecule has 0 amide bonds. The summed E-state index contributed by atoms with van der Waals surface area (Å²) < 4.78 is 0. The number of aromatic hydroxyl groups is 6. The van der Waals surface area contributed by atoms with Gasteiger partial charge in [0.05, 0.1) is 36.5 Å². The smallest absolute Gasteiger partial charge is 0.124 e. The van der Waals surface area contributed by atoms with Crippen molar-refractivity contribution in [3.8, 4) is 34.5 Å². The minimum Gasteiger partial charge on any atom is -0.507 e. The molecule has 0 spiro atoms. The molecule has 7 aromatic carbocycles. The van der Waals surface area contributed by atoms with Gasteiger partial charge in [-0.25, -0.2) is 0 Å². The lowest BCUT2D eigenvalue weighted by molar-refractivity contribution is 0.390. The number of nitrogens with zero attached hydrogens (tertiary/aromatic N) is 6. The van der Waals surface area contributed by atoms with Gasteiger partial charge in [-0.2, -0.15) is 0 Å². The molecule has 344 valence electrons. The summed E-state index contributed by atoms with van der Waals surface area (Å²) in [5, 5.41) is 58.4. The lowest BCUT2D eigenvalue weighted by Gasteiger charge is -2.25. The molecular formula is C56H54N6O6. The third-order valence-corrected chi connectivity index (χ3v) is 10.5. The molecule has 8 rings (SSSR count). The lowest BCUT2D eigenvalue weighted by atomic mass is 9.91. The number of aliphatic imine (C=N–C) groups is 6. The summed E-state index contributed by atoms with van der Waals surface area (Å²) in [7, 11) is 0. The molecular weight excluding hydrogens is 853 g/mol. The summed E-state index contributed by atoms with van der Waals surface area (Å²) >= 11 is 0. The highest BCUT2D eigenvalue weighted by Gasteiger charge is 2.23. The second-order valence-electron chi connectivity index (χ2n) is 15.4. The van der Waals surface area contributed by atoms with Crippen molar-refractivity contribution >= 4 is 48.7 Å². The second-order valence-corrected chi connectivity index (χ2v) is 15.4. The zero-order chi connectivity index (χ0) is 47.8. The van der Waals surface area contributed by atoms with Gasteiger partial charge in [-0.3, -0.25) is 30.0 Å². The number of phenolic OH excluding ortho intramolecular Hbond substituents is 6. The molecule has 1 aliphatic carbocycles. The van der Waals surface area contributed by atoms with Gasteiger partial charge in [0.15, 0.2) is 0 Å². The Kier molecular flexibility index (Phi) is 18.9. The summed E-state index contributed by atoms with van der Waals surface area (Å²) in [6.07, 6.45) is 14.2. The topological polar surface area (TPSA) is 196 Å². The van der Waals surface area contributed by atoms with E-state index in [1.807, 2.05) is 72.8 Å². The lowest BCUT2D eigenvalue weighted by Crippen LogP contribution is -2.27. The van der Waals surface area contributed by atoms with Crippen molar-refractivity contribution in [2.24, 2.45) is 30.0 Å². The van der Waals surface area contributed by atoms with Crippen LogP contribution in [0.1, 0.15) is 59.1 Å². The van der Waals surface area contributed by atoms with Crippen molar-refractivity contribution in [1.29, 1.82) is 0 Å². The number of hydrogen-bond acceptors (Lipinski definition) is 12. The van der Waals surface area contributed by atoms with Gasteiger partial charge in [-0.05, 0) is 97.8 Å². The average Bonchev–Trinajstić information content (AvgIpc) is 3.36. The Bertz CT molecular complexity index is 2680. The zero-order valence-electron chi connectivity index (χ0n) is 37.4. The van der Waals surface area contributed by atoms with E-state index in [1.54, 1.807) is 134 Å². The Balaban J connectivity index is 0.000000169. The Morgan fingerprint density at radius 2 is 0.574 bits per heavy atom. The van der Waals surface area contributed by atoms with Gasteiger partial charge in [0.1, 0.15) is 34.5 Å². The Morgan fingerprint density at radius 3 is 0.868 bits per heavy atom. The van der Waals surface area contributed by atoms with Crippen LogP contribution in [0.2, 0.25) is 0 Å². The Morgan fingerprint density at radius 1 is 0.324 bits per heavy atom. The van der Waals surface area contributed by atoms with Gasteiger partial charge in [-0.15, -0.1) is 0 Å². The fraction of sp³-hybridized carbons (Fsp3) is 0.143. The molecule has 2 atom stereocenters. The van der Waals surface area contributed by atoms with Crippen LogP contribution in [-0.4, -0.2) is 93.1 Å². The highest BCUT2D eigenvalue weighted by molar-refractivity contribution is 5.90. The fourth-order valence-electron chi connectivity index (χ4n) is 6.77. The van der Waals surface area contributed by atoms with Crippen molar-refractivity contribution in [3.05, 3.63) is 203 Å². The van der Waals surface area contributed by atoms with E-state index in [9.17, 15) is 30.6 Å². The van der Waals surface area contributed by atoms with Crippen molar-refractivity contribution in [2.45, 2.75) is 37.8 Å². The maximum atomic E-state index is 9.84. The fourth-order valence-corrected chi connectivity index (χ4v) is 6.77. The van der Waals surface area contributed by atoms with Crippen molar-refractivity contribution in [1.82, 2.24) is 0 Å². The summed E-state index contributed by atoms with van der Waals surface area (Å²) in [5.41, 5.74) is 5.46. The molecule has 0 bridgehead atoms. The van der Waals surface area contributed by atoms with Crippen LogP contribution in [0.5, 0.6) is 34.5 Å². The molecule has 68 heavy (non-hydrogen) atoms. The Labute approximate surface area is 396 Å². The van der Waals surface area contributed by atoms with Crippen molar-refractivity contribution < 1.29 is 30.6 Å².